The monoisotopic (exact) mass is 195 g/mol. The summed E-state index contributed by atoms with van der Waals surface area (Å²) in [5.74, 6) is 0.809. The van der Waals surface area contributed by atoms with Gasteiger partial charge in [0.25, 0.3) is 0 Å². The van der Waals surface area contributed by atoms with E-state index in [4.69, 9.17) is 19.9 Å². The molecule has 0 aromatic heterocycles. The first-order valence-corrected chi connectivity index (χ1v) is 4.42. The fraction of sp³-hybridized carbons (Fsp3) is 0.400. The molecule has 1 aliphatic heterocycles. The average Bonchev–Trinajstić information content (AvgIpc) is 2.18. The van der Waals surface area contributed by atoms with E-state index >= 15 is 0 Å². The number of nitrogens with two attached hydrogens (primary N) is 1. The number of ether oxygens (including phenoxy) is 3. The zero-order valence-electron chi connectivity index (χ0n) is 8.08. The Hall–Kier alpha value is -1.26. The lowest BCUT2D eigenvalue weighted by molar-refractivity contribution is -0.0174. The van der Waals surface area contributed by atoms with Gasteiger partial charge in [0.15, 0.2) is 6.79 Å². The van der Waals surface area contributed by atoms with Gasteiger partial charge in [0.1, 0.15) is 5.75 Å². The van der Waals surface area contributed by atoms with Crippen molar-refractivity contribution in [2.24, 2.45) is 0 Å². The van der Waals surface area contributed by atoms with Gasteiger partial charge in [-0.25, -0.2) is 0 Å². The second kappa shape index (κ2) is 3.86. The Morgan fingerprint density at radius 2 is 2.36 bits per heavy atom. The molecular weight excluding hydrogens is 182 g/mol. The van der Waals surface area contributed by atoms with Crippen LogP contribution in [0.25, 0.3) is 0 Å². The molecule has 0 atom stereocenters. The molecule has 76 valence electrons. The molecule has 0 spiro atoms. The molecule has 14 heavy (non-hydrogen) atoms. The summed E-state index contributed by atoms with van der Waals surface area (Å²) in [6.45, 7) is 1.39. The molecule has 4 nitrogen and oxygen atoms in total. The van der Waals surface area contributed by atoms with Crippen molar-refractivity contribution in [2.75, 3.05) is 19.6 Å². The van der Waals surface area contributed by atoms with E-state index in [9.17, 15) is 0 Å². The maximum absolute atomic E-state index is 5.74. The zero-order valence-corrected chi connectivity index (χ0v) is 8.08. The summed E-state index contributed by atoms with van der Waals surface area (Å²) in [6.07, 6.45) is 0. The molecule has 0 amide bonds. The van der Waals surface area contributed by atoms with E-state index in [2.05, 4.69) is 0 Å². The minimum Gasteiger partial charge on any atom is -0.467 e. The highest BCUT2D eigenvalue weighted by Crippen LogP contribution is 2.30. The molecule has 0 bridgehead atoms. The van der Waals surface area contributed by atoms with Gasteiger partial charge in [-0.3, -0.25) is 0 Å². The first kappa shape index (κ1) is 9.30. The summed E-state index contributed by atoms with van der Waals surface area (Å²) in [7, 11) is 1.65. The second-order valence-corrected chi connectivity index (χ2v) is 3.20. The number of methoxy groups -OCH3 is 1. The van der Waals surface area contributed by atoms with Crippen molar-refractivity contribution in [2.45, 2.75) is 13.2 Å². The van der Waals surface area contributed by atoms with Crippen LogP contribution < -0.4 is 10.5 Å². The van der Waals surface area contributed by atoms with Crippen LogP contribution in [0.3, 0.4) is 0 Å². The van der Waals surface area contributed by atoms with Gasteiger partial charge < -0.3 is 19.9 Å². The second-order valence-electron chi connectivity index (χ2n) is 3.20. The molecule has 0 unspecified atom stereocenters. The molecule has 1 heterocycles. The third-order valence-corrected chi connectivity index (χ3v) is 2.17. The summed E-state index contributed by atoms with van der Waals surface area (Å²) in [6, 6.07) is 3.71. The quantitative estimate of drug-likeness (QED) is 0.722. The molecule has 1 aliphatic rings. The highest BCUT2D eigenvalue weighted by Gasteiger charge is 2.15. The minimum absolute atomic E-state index is 0.295. The van der Waals surface area contributed by atoms with Crippen LogP contribution in [0.15, 0.2) is 12.1 Å². The summed E-state index contributed by atoms with van der Waals surface area (Å²) in [5, 5.41) is 0. The summed E-state index contributed by atoms with van der Waals surface area (Å²) >= 11 is 0. The Labute approximate surface area is 82.6 Å². The van der Waals surface area contributed by atoms with Crippen LogP contribution in [-0.4, -0.2) is 13.9 Å². The number of nitrogen functional groups attached to an aromatic ring is 1. The lowest BCUT2D eigenvalue weighted by Crippen LogP contribution is -2.14. The molecule has 1 aromatic rings. The van der Waals surface area contributed by atoms with Crippen LogP contribution in [0.1, 0.15) is 11.1 Å². The zero-order chi connectivity index (χ0) is 9.97. The van der Waals surface area contributed by atoms with Gasteiger partial charge in [0.2, 0.25) is 0 Å². The molecule has 0 aliphatic carbocycles. The van der Waals surface area contributed by atoms with Crippen LogP contribution in [0, 0.1) is 0 Å². The van der Waals surface area contributed by atoms with Crippen molar-refractivity contribution in [3.8, 4) is 5.75 Å². The molecule has 2 rings (SSSR count). The predicted molar refractivity (Wildman–Crippen MR) is 51.9 cm³/mol. The highest BCUT2D eigenvalue weighted by molar-refractivity contribution is 5.53. The SMILES string of the molecule is COCc1cc(N)cc2c1COCO2. The number of anilines is 1. The number of benzene rings is 1. The molecular formula is C10H13NO3. The number of hydrogen-bond donors (Lipinski definition) is 1. The fourth-order valence-electron chi connectivity index (χ4n) is 1.55. The molecule has 2 N–H and O–H groups in total. The van der Waals surface area contributed by atoms with Gasteiger partial charge in [0, 0.05) is 24.4 Å². The Balaban J connectivity index is 2.41. The summed E-state index contributed by atoms with van der Waals surface area (Å²) < 4.78 is 15.6. The van der Waals surface area contributed by atoms with Crippen LogP contribution in [-0.2, 0) is 22.7 Å². The third-order valence-electron chi connectivity index (χ3n) is 2.17. The van der Waals surface area contributed by atoms with E-state index in [0.29, 0.717) is 25.7 Å². The fourth-order valence-corrected chi connectivity index (χ4v) is 1.55. The molecule has 1 aromatic carbocycles. The van der Waals surface area contributed by atoms with Crippen molar-refractivity contribution < 1.29 is 14.2 Å². The standard InChI is InChI=1S/C10H13NO3/c1-12-4-7-2-8(11)3-10-9(7)5-13-6-14-10/h2-3H,4-6,11H2,1H3. The van der Waals surface area contributed by atoms with E-state index in [1.807, 2.05) is 12.1 Å². The van der Waals surface area contributed by atoms with Crippen molar-refractivity contribution in [1.29, 1.82) is 0 Å². The number of fused-ring (bicyclic) bond motifs is 1. The average molecular weight is 195 g/mol. The Morgan fingerprint density at radius 1 is 1.50 bits per heavy atom. The Morgan fingerprint density at radius 3 is 3.14 bits per heavy atom. The molecule has 4 heteroatoms. The van der Waals surface area contributed by atoms with Gasteiger partial charge in [-0.05, 0) is 11.6 Å². The maximum Gasteiger partial charge on any atom is 0.189 e. The maximum atomic E-state index is 5.74. The number of hydrogen-bond acceptors (Lipinski definition) is 4. The van der Waals surface area contributed by atoms with Crippen LogP contribution in [0.2, 0.25) is 0 Å². The van der Waals surface area contributed by atoms with Gasteiger partial charge >= 0.3 is 0 Å². The summed E-state index contributed by atoms with van der Waals surface area (Å²) in [5.41, 5.74) is 8.49. The van der Waals surface area contributed by atoms with Crippen molar-refractivity contribution in [3.05, 3.63) is 23.3 Å². The first-order valence-electron chi connectivity index (χ1n) is 4.42. The van der Waals surface area contributed by atoms with Gasteiger partial charge in [-0.1, -0.05) is 0 Å². The van der Waals surface area contributed by atoms with E-state index < -0.39 is 0 Å². The topological polar surface area (TPSA) is 53.7 Å². The van der Waals surface area contributed by atoms with Crippen LogP contribution >= 0.6 is 0 Å². The lowest BCUT2D eigenvalue weighted by Gasteiger charge is -2.20. The van der Waals surface area contributed by atoms with Crippen molar-refractivity contribution in [1.82, 2.24) is 0 Å². The molecule has 0 saturated carbocycles. The first-order chi connectivity index (χ1) is 6.81. The number of rotatable bonds is 2. The smallest absolute Gasteiger partial charge is 0.189 e. The Kier molecular flexibility index (Phi) is 2.56. The van der Waals surface area contributed by atoms with Crippen molar-refractivity contribution in [3.63, 3.8) is 0 Å². The third kappa shape index (κ3) is 1.66. The van der Waals surface area contributed by atoms with E-state index in [1.54, 1.807) is 7.11 Å². The summed E-state index contributed by atoms with van der Waals surface area (Å²) in [4.78, 5) is 0. The van der Waals surface area contributed by atoms with Crippen molar-refractivity contribution >= 4 is 5.69 Å². The van der Waals surface area contributed by atoms with Gasteiger partial charge in [-0.15, -0.1) is 0 Å². The Bertz CT molecular complexity index is 338. The molecule has 0 saturated heterocycles. The van der Waals surface area contributed by atoms with Crippen LogP contribution in [0.5, 0.6) is 5.75 Å². The minimum atomic E-state index is 0.295. The predicted octanol–water partition coefficient (Wildman–Crippen LogP) is 1.28. The van der Waals surface area contributed by atoms with Gasteiger partial charge in [-0.2, -0.15) is 0 Å². The van der Waals surface area contributed by atoms with E-state index in [0.717, 1.165) is 16.9 Å². The van der Waals surface area contributed by atoms with E-state index in [1.165, 1.54) is 0 Å². The van der Waals surface area contributed by atoms with Crippen LogP contribution in [0.4, 0.5) is 5.69 Å². The van der Waals surface area contributed by atoms with E-state index in [-0.39, 0.29) is 0 Å². The lowest BCUT2D eigenvalue weighted by atomic mass is 10.1. The van der Waals surface area contributed by atoms with Gasteiger partial charge in [0.05, 0.1) is 13.2 Å². The highest BCUT2D eigenvalue weighted by atomic mass is 16.7. The molecule has 0 radical (unpaired) electrons. The normalized spacial score (nSPS) is 14.6. The largest absolute Gasteiger partial charge is 0.467 e. The molecule has 0 fully saturated rings.